The summed E-state index contributed by atoms with van der Waals surface area (Å²) in [5, 5.41) is 0.572. The van der Waals surface area contributed by atoms with Crippen molar-refractivity contribution in [3.63, 3.8) is 0 Å². The fraction of sp³-hybridized carbons (Fsp3) is 0.417. The smallest absolute Gasteiger partial charge is 0.172 e. The molecule has 2 heteroatoms. The van der Waals surface area contributed by atoms with E-state index < -0.39 is 0 Å². The minimum atomic E-state index is 0.232. The van der Waals surface area contributed by atoms with Crippen LogP contribution in [0.4, 0.5) is 0 Å². The summed E-state index contributed by atoms with van der Waals surface area (Å²) in [7, 11) is 0. The molecule has 0 aliphatic heterocycles. The van der Waals surface area contributed by atoms with Crippen LogP contribution in [-0.2, 0) is 0 Å². The number of carbonyl (C=O) groups is 1. The molecule has 0 spiro atoms. The van der Waals surface area contributed by atoms with Crippen molar-refractivity contribution in [2.24, 2.45) is 0 Å². The van der Waals surface area contributed by atoms with Crippen LogP contribution < -0.4 is 0 Å². The Bertz CT molecular complexity index is 282. The molecule has 0 aromatic heterocycles. The molecule has 76 valence electrons. The van der Waals surface area contributed by atoms with Crippen LogP contribution in [-0.4, -0.2) is 16.8 Å². The maximum Gasteiger partial charge on any atom is 0.172 e. The van der Waals surface area contributed by atoms with Gasteiger partial charge in [-0.1, -0.05) is 44.2 Å². The number of ketones is 1. The largest absolute Gasteiger partial charge is 0.293 e. The lowest BCUT2D eigenvalue weighted by molar-refractivity contribution is 0.102. The van der Waals surface area contributed by atoms with E-state index in [4.69, 9.17) is 0 Å². The van der Waals surface area contributed by atoms with Crippen LogP contribution >= 0.6 is 11.8 Å². The Balaban J connectivity index is 2.44. The second-order valence-electron chi connectivity index (χ2n) is 3.32. The first kappa shape index (κ1) is 11.3. The summed E-state index contributed by atoms with van der Waals surface area (Å²) in [4.78, 5) is 11.6. The van der Waals surface area contributed by atoms with Crippen molar-refractivity contribution >= 4 is 17.5 Å². The van der Waals surface area contributed by atoms with E-state index in [1.54, 1.807) is 11.8 Å². The van der Waals surface area contributed by atoms with Crippen LogP contribution in [0.1, 0.15) is 30.6 Å². The van der Waals surface area contributed by atoms with Gasteiger partial charge in [-0.15, -0.1) is 0 Å². The molecule has 0 aliphatic rings. The average molecular weight is 208 g/mol. The van der Waals surface area contributed by atoms with Crippen molar-refractivity contribution in [2.75, 3.05) is 5.75 Å². The summed E-state index contributed by atoms with van der Waals surface area (Å²) in [6, 6.07) is 9.49. The number of hydrogen-bond acceptors (Lipinski definition) is 2. The maximum absolute atomic E-state index is 11.6. The number of benzene rings is 1. The van der Waals surface area contributed by atoms with E-state index >= 15 is 0 Å². The van der Waals surface area contributed by atoms with Crippen LogP contribution in [0.5, 0.6) is 0 Å². The molecule has 0 fully saturated rings. The van der Waals surface area contributed by atoms with E-state index in [0.717, 1.165) is 12.0 Å². The van der Waals surface area contributed by atoms with Gasteiger partial charge in [0.15, 0.2) is 5.78 Å². The van der Waals surface area contributed by atoms with Crippen molar-refractivity contribution in [3.8, 4) is 0 Å². The van der Waals surface area contributed by atoms with Gasteiger partial charge < -0.3 is 0 Å². The normalized spacial score (nSPS) is 12.4. The molecule has 0 amide bonds. The second kappa shape index (κ2) is 5.86. The highest BCUT2D eigenvalue weighted by Crippen LogP contribution is 2.15. The molecule has 0 bridgehead atoms. The number of carbonyl (C=O) groups excluding carboxylic acids is 1. The first-order chi connectivity index (χ1) is 6.74. The minimum Gasteiger partial charge on any atom is -0.293 e. The van der Waals surface area contributed by atoms with Crippen molar-refractivity contribution in [3.05, 3.63) is 35.9 Å². The summed E-state index contributed by atoms with van der Waals surface area (Å²) in [5.74, 6) is 0.829. The van der Waals surface area contributed by atoms with Gasteiger partial charge in [-0.3, -0.25) is 4.79 Å². The van der Waals surface area contributed by atoms with Crippen LogP contribution in [0.25, 0.3) is 0 Å². The van der Waals surface area contributed by atoms with Crippen molar-refractivity contribution in [1.82, 2.24) is 0 Å². The Morgan fingerprint density at radius 2 is 2.00 bits per heavy atom. The van der Waals surface area contributed by atoms with Gasteiger partial charge in [0, 0.05) is 10.8 Å². The standard InChI is InChI=1S/C12H16OS/c1-3-10(2)14-9-12(13)11-7-5-4-6-8-11/h4-8,10H,3,9H2,1-2H3. The molecule has 1 rings (SSSR count). The molecular weight excluding hydrogens is 192 g/mol. The molecule has 14 heavy (non-hydrogen) atoms. The van der Waals surface area contributed by atoms with Crippen LogP contribution in [0.15, 0.2) is 30.3 Å². The Morgan fingerprint density at radius 3 is 2.57 bits per heavy atom. The van der Waals surface area contributed by atoms with Crippen molar-refractivity contribution < 1.29 is 4.79 Å². The summed E-state index contributed by atoms with van der Waals surface area (Å²) in [6.45, 7) is 4.30. The predicted molar refractivity (Wildman–Crippen MR) is 63.0 cm³/mol. The van der Waals surface area contributed by atoms with Gasteiger partial charge in [-0.25, -0.2) is 0 Å². The molecular formula is C12H16OS. The van der Waals surface area contributed by atoms with Crippen LogP contribution in [0.3, 0.4) is 0 Å². The van der Waals surface area contributed by atoms with E-state index in [0.29, 0.717) is 11.0 Å². The molecule has 0 aliphatic carbocycles. The van der Waals surface area contributed by atoms with Gasteiger partial charge >= 0.3 is 0 Å². The van der Waals surface area contributed by atoms with E-state index in [2.05, 4.69) is 13.8 Å². The molecule has 1 aromatic carbocycles. The zero-order valence-corrected chi connectivity index (χ0v) is 9.51. The summed E-state index contributed by atoms with van der Waals surface area (Å²) in [5.41, 5.74) is 0.823. The lowest BCUT2D eigenvalue weighted by atomic mass is 10.2. The number of Topliss-reactive ketones (excluding diaryl/α,β-unsaturated/α-hetero) is 1. The first-order valence-electron chi connectivity index (χ1n) is 4.94. The van der Waals surface area contributed by atoms with Crippen LogP contribution in [0, 0.1) is 0 Å². The SMILES string of the molecule is CCC(C)SCC(=O)c1ccccc1. The third-order valence-corrected chi connectivity index (χ3v) is 3.50. The zero-order chi connectivity index (χ0) is 10.4. The summed E-state index contributed by atoms with van der Waals surface area (Å²) in [6.07, 6.45) is 1.12. The molecule has 0 saturated carbocycles. The van der Waals surface area contributed by atoms with Gasteiger partial charge in [0.2, 0.25) is 0 Å². The monoisotopic (exact) mass is 208 g/mol. The molecule has 1 nitrogen and oxygen atoms in total. The molecule has 1 aromatic rings. The minimum absolute atomic E-state index is 0.232. The van der Waals surface area contributed by atoms with Gasteiger partial charge in [-0.05, 0) is 6.42 Å². The highest BCUT2D eigenvalue weighted by atomic mass is 32.2. The average Bonchev–Trinajstić information content (AvgIpc) is 2.26. The van der Waals surface area contributed by atoms with Crippen LogP contribution in [0.2, 0.25) is 0 Å². The lowest BCUT2D eigenvalue weighted by Gasteiger charge is -2.06. The third kappa shape index (κ3) is 3.54. The zero-order valence-electron chi connectivity index (χ0n) is 8.69. The second-order valence-corrected chi connectivity index (χ2v) is 4.75. The molecule has 0 heterocycles. The highest BCUT2D eigenvalue weighted by molar-refractivity contribution is 8.00. The number of rotatable bonds is 5. The van der Waals surface area contributed by atoms with Crippen molar-refractivity contribution in [2.45, 2.75) is 25.5 Å². The Labute approximate surface area is 89.9 Å². The quantitative estimate of drug-likeness (QED) is 0.690. The topological polar surface area (TPSA) is 17.1 Å². The van der Waals surface area contributed by atoms with E-state index in [1.165, 1.54) is 0 Å². The number of thioether (sulfide) groups is 1. The molecule has 0 radical (unpaired) electrons. The Morgan fingerprint density at radius 1 is 1.36 bits per heavy atom. The molecule has 1 atom stereocenters. The Kier molecular flexibility index (Phi) is 4.74. The molecule has 0 N–H and O–H groups in total. The van der Waals surface area contributed by atoms with Gasteiger partial charge in [0.1, 0.15) is 0 Å². The Hall–Kier alpha value is -0.760. The van der Waals surface area contributed by atoms with Gasteiger partial charge in [0.25, 0.3) is 0 Å². The number of hydrogen-bond donors (Lipinski definition) is 0. The summed E-state index contributed by atoms with van der Waals surface area (Å²) >= 11 is 1.73. The molecule has 1 unspecified atom stereocenters. The lowest BCUT2D eigenvalue weighted by Crippen LogP contribution is -2.05. The maximum atomic E-state index is 11.6. The van der Waals surface area contributed by atoms with Gasteiger partial charge in [0.05, 0.1) is 5.75 Å². The van der Waals surface area contributed by atoms with E-state index in [-0.39, 0.29) is 5.78 Å². The van der Waals surface area contributed by atoms with Crippen molar-refractivity contribution in [1.29, 1.82) is 0 Å². The van der Waals surface area contributed by atoms with Gasteiger partial charge in [-0.2, -0.15) is 11.8 Å². The first-order valence-corrected chi connectivity index (χ1v) is 5.98. The fourth-order valence-electron chi connectivity index (χ4n) is 1.04. The fourth-order valence-corrected chi connectivity index (χ4v) is 1.88. The third-order valence-electron chi connectivity index (χ3n) is 2.17. The summed E-state index contributed by atoms with van der Waals surface area (Å²) < 4.78 is 0. The van der Waals surface area contributed by atoms with E-state index in [1.807, 2.05) is 30.3 Å². The molecule has 0 saturated heterocycles. The predicted octanol–water partition coefficient (Wildman–Crippen LogP) is 3.40. The van der Waals surface area contributed by atoms with E-state index in [9.17, 15) is 4.79 Å². The highest BCUT2D eigenvalue weighted by Gasteiger charge is 2.07.